The van der Waals surface area contributed by atoms with Crippen LogP contribution in [-0.4, -0.2) is 27.2 Å². The lowest BCUT2D eigenvalue weighted by Crippen LogP contribution is -2.04. The number of aromatic nitrogens is 3. The monoisotopic (exact) mass is 222 g/mol. The second-order valence-electron chi connectivity index (χ2n) is 3.22. The average Bonchev–Trinajstić information content (AvgIpc) is 2.73. The number of thioether (sulfide) groups is 1. The summed E-state index contributed by atoms with van der Waals surface area (Å²) in [4.78, 5) is 8.76. The van der Waals surface area contributed by atoms with E-state index in [1.54, 1.807) is 18.0 Å². The number of fused-ring (bicyclic) bond motifs is 1. The summed E-state index contributed by atoms with van der Waals surface area (Å²) in [6, 6.07) is 0. The molecular formula is C10H14N4S. The van der Waals surface area contributed by atoms with Gasteiger partial charge in [-0.05, 0) is 12.7 Å². The highest BCUT2D eigenvalue weighted by Gasteiger charge is 2.05. The Morgan fingerprint density at radius 1 is 1.53 bits per heavy atom. The van der Waals surface area contributed by atoms with E-state index in [2.05, 4.69) is 22.2 Å². The minimum Gasteiger partial charge on any atom is -0.369 e. The summed E-state index contributed by atoms with van der Waals surface area (Å²) in [6.45, 7) is 3.08. The van der Waals surface area contributed by atoms with Crippen LogP contribution in [0.25, 0.3) is 5.65 Å². The first-order chi connectivity index (χ1) is 7.35. The van der Waals surface area contributed by atoms with Crippen molar-refractivity contribution in [1.29, 1.82) is 0 Å². The molecule has 0 atom stereocenters. The van der Waals surface area contributed by atoms with Crippen molar-refractivity contribution in [1.82, 2.24) is 14.4 Å². The van der Waals surface area contributed by atoms with E-state index in [0.717, 1.165) is 29.5 Å². The number of rotatable bonds is 4. The van der Waals surface area contributed by atoms with Crippen molar-refractivity contribution in [2.75, 3.05) is 18.1 Å². The Labute approximate surface area is 93.1 Å². The van der Waals surface area contributed by atoms with Gasteiger partial charge in [-0.3, -0.25) is 0 Å². The molecule has 0 radical (unpaired) electrons. The summed E-state index contributed by atoms with van der Waals surface area (Å²) >= 11 is 1.62. The Hall–Kier alpha value is -1.23. The van der Waals surface area contributed by atoms with Crippen molar-refractivity contribution >= 4 is 23.2 Å². The summed E-state index contributed by atoms with van der Waals surface area (Å²) in [6.07, 6.45) is 8.81. The molecule has 15 heavy (non-hydrogen) atoms. The third-order valence-electron chi connectivity index (χ3n) is 2.09. The molecule has 2 aromatic heterocycles. The fraction of sp³-hybridized carbons (Fsp3) is 0.400. The van der Waals surface area contributed by atoms with Crippen molar-refractivity contribution in [2.24, 2.45) is 0 Å². The summed E-state index contributed by atoms with van der Waals surface area (Å²) in [7, 11) is 0. The molecule has 5 heteroatoms. The Morgan fingerprint density at radius 2 is 2.40 bits per heavy atom. The highest BCUT2D eigenvalue weighted by molar-refractivity contribution is 7.98. The quantitative estimate of drug-likeness (QED) is 0.806. The largest absolute Gasteiger partial charge is 0.369 e. The summed E-state index contributed by atoms with van der Waals surface area (Å²) in [5, 5.41) is 4.24. The van der Waals surface area contributed by atoms with Crippen LogP contribution in [0.4, 0.5) is 5.82 Å². The normalized spacial score (nSPS) is 10.8. The van der Waals surface area contributed by atoms with Crippen molar-refractivity contribution in [3.8, 4) is 0 Å². The summed E-state index contributed by atoms with van der Waals surface area (Å²) < 4.78 is 2.00. The Morgan fingerprint density at radius 3 is 3.13 bits per heavy atom. The van der Waals surface area contributed by atoms with E-state index in [9.17, 15) is 0 Å². The molecule has 0 fully saturated rings. The minimum atomic E-state index is 0.909. The van der Waals surface area contributed by atoms with Gasteiger partial charge in [0, 0.05) is 18.9 Å². The Balaban J connectivity index is 2.40. The van der Waals surface area contributed by atoms with Crippen LogP contribution in [0.5, 0.6) is 0 Å². The molecule has 2 aromatic rings. The maximum Gasteiger partial charge on any atom is 0.169 e. The number of imidazole rings is 1. The molecule has 0 aliphatic heterocycles. The third-order valence-corrected chi connectivity index (χ3v) is 2.75. The van der Waals surface area contributed by atoms with Crippen LogP contribution in [0, 0.1) is 0 Å². The topological polar surface area (TPSA) is 42.2 Å². The number of anilines is 1. The third kappa shape index (κ3) is 2.07. The number of hydrogen-bond acceptors (Lipinski definition) is 4. The SMILES string of the molecule is CCCNc1cn2ccnc2c(SC)n1. The number of nitrogens with zero attached hydrogens (tertiary/aromatic N) is 3. The van der Waals surface area contributed by atoms with Crippen LogP contribution in [0.1, 0.15) is 13.3 Å². The molecular weight excluding hydrogens is 208 g/mol. The molecule has 0 aliphatic rings. The molecule has 0 saturated heterocycles. The molecule has 0 amide bonds. The average molecular weight is 222 g/mol. The first kappa shape index (κ1) is 10.3. The van der Waals surface area contributed by atoms with E-state index in [0.29, 0.717) is 0 Å². The smallest absolute Gasteiger partial charge is 0.169 e. The van der Waals surface area contributed by atoms with Gasteiger partial charge < -0.3 is 9.72 Å². The predicted octanol–water partition coefficient (Wildman–Crippen LogP) is 2.27. The van der Waals surface area contributed by atoms with Gasteiger partial charge in [0.2, 0.25) is 0 Å². The highest BCUT2D eigenvalue weighted by atomic mass is 32.2. The Bertz CT molecular complexity index is 452. The van der Waals surface area contributed by atoms with Gasteiger partial charge in [0.1, 0.15) is 10.8 Å². The second-order valence-corrected chi connectivity index (χ2v) is 4.02. The zero-order valence-corrected chi connectivity index (χ0v) is 9.71. The molecule has 0 aromatic carbocycles. The van der Waals surface area contributed by atoms with Crippen molar-refractivity contribution in [3.05, 3.63) is 18.6 Å². The maximum atomic E-state index is 4.50. The molecule has 1 N–H and O–H groups in total. The number of nitrogens with one attached hydrogen (secondary N) is 1. The van der Waals surface area contributed by atoms with Gasteiger partial charge in [-0.2, -0.15) is 0 Å². The molecule has 0 spiro atoms. The van der Waals surface area contributed by atoms with Gasteiger partial charge in [0.05, 0.1) is 6.20 Å². The van der Waals surface area contributed by atoms with Gasteiger partial charge in [-0.15, -0.1) is 11.8 Å². The first-order valence-corrected chi connectivity index (χ1v) is 6.19. The van der Waals surface area contributed by atoms with Gasteiger partial charge >= 0.3 is 0 Å². The van der Waals surface area contributed by atoms with E-state index in [1.807, 2.05) is 23.1 Å². The van der Waals surface area contributed by atoms with Crippen molar-refractivity contribution < 1.29 is 0 Å². The first-order valence-electron chi connectivity index (χ1n) is 4.96. The molecule has 0 bridgehead atoms. The fourth-order valence-corrected chi connectivity index (χ4v) is 1.91. The van der Waals surface area contributed by atoms with Crippen LogP contribution in [0.3, 0.4) is 0 Å². The molecule has 2 rings (SSSR count). The standard InChI is InChI=1S/C10H14N4S/c1-3-4-11-8-7-14-6-5-12-9(14)10(13-8)15-2/h5-7,11H,3-4H2,1-2H3. The summed E-state index contributed by atoms with van der Waals surface area (Å²) in [5.74, 6) is 0.909. The van der Waals surface area contributed by atoms with Crippen LogP contribution in [0.15, 0.2) is 23.6 Å². The molecule has 4 nitrogen and oxygen atoms in total. The van der Waals surface area contributed by atoms with Gasteiger partial charge in [-0.25, -0.2) is 9.97 Å². The van der Waals surface area contributed by atoms with Crippen molar-refractivity contribution in [3.63, 3.8) is 0 Å². The van der Waals surface area contributed by atoms with Crippen LogP contribution in [0.2, 0.25) is 0 Å². The molecule has 0 unspecified atom stereocenters. The van der Waals surface area contributed by atoms with Crippen LogP contribution in [-0.2, 0) is 0 Å². The van der Waals surface area contributed by atoms with E-state index in [-0.39, 0.29) is 0 Å². The van der Waals surface area contributed by atoms with E-state index in [1.165, 1.54) is 0 Å². The second kappa shape index (κ2) is 4.53. The lowest BCUT2D eigenvalue weighted by atomic mass is 10.5. The lowest BCUT2D eigenvalue weighted by molar-refractivity contribution is 0.945. The van der Waals surface area contributed by atoms with E-state index < -0.39 is 0 Å². The molecule has 0 saturated carbocycles. The molecule has 80 valence electrons. The fourth-order valence-electron chi connectivity index (χ4n) is 1.38. The van der Waals surface area contributed by atoms with E-state index >= 15 is 0 Å². The predicted molar refractivity (Wildman–Crippen MR) is 63.5 cm³/mol. The lowest BCUT2D eigenvalue weighted by Gasteiger charge is -2.06. The zero-order valence-electron chi connectivity index (χ0n) is 8.90. The van der Waals surface area contributed by atoms with Crippen LogP contribution < -0.4 is 5.32 Å². The number of hydrogen-bond donors (Lipinski definition) is 1. The minimum absolute atomic E-state index is 0.909. The van der Waals surface area contributed by atoms with Gasteiger partial charge in [0.15, 0.2) is 5.65 Å². The maximum absolute atomic E-state index is 4.50. The van der Waals surface area contributed by atoms with Gasteiger partial charge in [0.25, 0.3) is 0 Å². The van der Waals surface area contributed by atoms with Crippen LogP contribution >= 0.6 is 11.8 Å². The zero-order chi connectivity index (χ0) is 10.7. The molecule has 0 aliphatic carbocycles. The summed E-state index contributed by atoms with van der Waals surface area (Å²) in [5.41, 5.74) is 0.921. The van der Waals surface area contributed by atoms with Gasteiger partial charge in [-0.1, -0.05) is 6.92 Å². The molecule has 2 heterocycles. The van der Waals surface area contributed by atoms with E-state index in [4.69, 9.17) is 0 Å². The Kier molecular flexibility index (Phi) is 3.11. The van der Waals surface area contributed by atoms with Crippen molar-refractivity contribution in [2.45, 2.75) is 18.4 Å². The highest BCUT2D eigenvalue weighted by Crippen LogP contribution is 2.19.